The fraction of sp³-hybridized carbons (Fsp3) is 0.176. The molecule has 0 amide bonds. The summed E-state index contributed by atoms with van der Waals surface area (Å²) in [6.07, 6.45) is 0.930. The number of thiocarbonyl (C=S) groups is 1. The van der Waals surface area contributed by atoms with Crippen LogP contribution in [-0.2, 0) is 10.3 Å². The highest BCUT2D eigenvalue weighted by Gasteiger charge is 2.59. The number of halogens is 2. The molecule has 0 unspecified atom stereocenters. The molecule has 2 aromatic rings. The van der Waals surface area contributed by atoms with Crippen LogP contribution in [0.2, 0.25) is 10.0 Å². The van der Waals surface area contributed by atoms with Gasteiger partial charge in [0.25, 0.3) is 0 Å². The van der Waals surface area contributed by atoms with Crippen molar-refractivity contribution in [3.63, 3.8) is 0 Å². The predicted molar refractivity (Wildman–Crippen MR) is 102 cm³/mol. The Hall–Kier alpha value is -1.66. The van der Waals surface area contributed by atoms with Gasteiger partial charge in [0.2, 0.25) is 0 Å². The standard InChI is InChI=1S/C17H15Cl2N3OS/c18-13-7-3-1-5-11(13)15-17(23-15,9-21-16(24)22-10-20)12-6-2-4-8-14(12)19/h1-8,10,15H,9H2,(H3,20,21,22,24)/t15-,17-/m1/s1. The molecule has 1 heterocycles. The molecular weight excluding hydrogens is 365 g/mol. The highest BCUT2D eigenvalue weighted by Crippen LogP contribution is 2.59. The lowest BCUT2D eigenvalue weighted by atomic mass is 9.91. The Balaban J connectivity index is 1.94. The van der Waals surface area contributed by atoms with E-state index in [9.17, 15) is 0 Å². The van der Waals surface area contributed by atoms with E-state index in [4.69, 9.17) is 45.9 Å². The zero-order valence-corrected chi connectivity index (χ0v) is 14.9. The Morgan fingerprint density at radius 2 is 1.88 bits per heavy atom. The van der Waals surface area contributed by atoms with Crippen LogP contribution in [0, 0.1) is 0 Å². The normalized spacial score (nSPS) is 22.5. The molecule has 0 aliphatic carbocycles. The van der Waals surface area contributed by atoms with E-state index in [2.05, 4.69) is 10.3 Å². The summed E-state index contributed by atoms with van der Waals surface area (Å²) in [7, 11) is 0. The van der Waals surface area contributed by atoms with Gasteiger partial charge in [-0.2, -0.15) is 0 Å². The third-order valence-electron chi connectivity index (χ3n) is 3.91. The third kappa shape index (κ3) is 3.26. The molecule has 2 aromatic carbocycles. The summed E-state index contributed by atoms with van der Waals surface area (Å²) >= 11 is 17.8. The first-order chi connectivity index (χ1) is 11.6. The number of rotatable bonds is 4. The first-order valence-electron chi connectivity index (χ1n) is 7.28. The minimum Gasteiger partial charge on any atom is -0.390 e. The summed E-state index contributed by atoms with van der Waals surface area (Å²) in [6, 6.07) is 15.2. The maximum atomic E-state index is 6.39. The Kier molecular flexibility index (Phi) is 5.06. The van der Waals surface area contributed by atoms with Gasteiger partial charge in [0, 0.05) is 21.2 Å². The molecule has 1 saturated heterocycles. The van der Waals surface area contributed by atoms with Crippen LogP contribution in [0.4, 0.5) is 0 Å². The van der Waals surface area contributed by atoms with E-state index in [0.717, 1.165) is 17.5 Å². The minimum atomic E-state index is -0.655. The summed E-state index contributed by atoms with van der Waals surface area (Å²) < 4.78 is 6.09. The van der Waals surface area contributed by atoms with Crippen molar-refractivity contribution in [2.24, 2.45) is 10.7 Å². The van der Waals surface area contributed by atoms with Crippen LogP contribution in [0.1, 0.15) is 17.2 Å². The first kappa shape index (κ1) is 17.2. The van der Waals surface area contributed by atoms with Gasteiger partial charge in [0.15, 0.2) is 5.11 Å². The van der Waals surface area contributed by atoms with Crippen molar-refractivity contribution in [1.29, 1.82) is 0 Å². The van der Waals surface area contributed by atoms with Gasteiger partial charge in [-0.1, -0.05) is 59.6 Å². The Morgan fingerprint density at radius 1 is 1.21 bits per heavy atom. The molecule has 1 fully saturated rings. The van der Waals surface area contributed by atoms with Crippen LogP contribution in [-0.4, -0.2) is 18.0 Å². The lowest BCUT2D eigenvalue weighted by Crippen LogP contribution is -2.32. The number of benzene rings is 2. The highest BCUT2D eigenvalue weighted by atomic mass is 35.5. The van der Waals surface area contributed by atoms with E-state index in [1.165, 1.54) is 0 Å². The number of ether oxygens (including phenoxy) is 1. The smallest absolute Gasteiger partial charge is 0.194 e. The van der Waals surface area contributed by atoms with Crippen molar-refractivity contribution in [3.8, 4) is 0 Å². The van der Waals surface area contributed by atoms with Crippen LogP contribution in [0.25, 0.3) is 0 Å². The molecule has 124 valence electrons. The maximum Gasteiger partial charge on any atom is 0.194 e. The Morgan fingerprint density at radius 3 is 2.54 bits per heavy atom. The summed E-state index contributed by atoms with van der Waals surface area (Å²) in [4.78, 5) is 3.85. The average molecular weight is 380 g/mol. The molecule has 0 spiro atoms. The molecule has 1 aliphatic heterocycles. The molecule has 3 rings (SSSR count). The van der Waals surface area contributed by atoms with Gasteiger partial charge in [0.05, 0.1) is 12.9 Å². The number of nitrogens with one attached hydrogen (secondary N) is 1. The van der Waals surface area contributed by atoms with Gasteiger partial charge in [-0.15, -0.1) is 0 Å². The fourth-order valence-corrected chi connectivity index (χ4v) is 3.40. The van der Waals surface area contributed by atoms with E-state index in [1.54, 1.807) is 0 Å². The minimum absolute atomic E-state index is 0.219. The molecule has 0 bridgehead atoms. The Bertz CT molecular complexity index is 799. The van der Waals surface area contributed by atoms with Crippen LogP contribution < -0.4 is 11.1 Å². The van der Waals surface area contributed by atoms with Crippen LogP contribution >= 0.6 is 35.4 Å². The number of nitrogens with two attached hydrogens (primary N) is 1. The van der Waals surface area contributed by atoms with Gasteiger partial charge in [-0.05, 0) is 24.4 Å². The second kappa shape index (κ2) is 7.07. The molecule has 1 aliphatic rings. The highest BCUT2D eigenvalue weighted by molar-refractivity contribution is 7.80. The van der Waals surface area contributed by atoms with Gasteiger partial charge in [-0.3, -0.25) is 0 Å². The van der Waals surface area contributed by atoms with Crippen molar-refractivity contribution in [2.75, 3.05) is 6.54 Å². The predicted octanol–water partition coefficient (Wildman–Crippen LogP) is 3.82. The van der Waals surface area contributed by atoms with E-state index >= 15 is 0 Å². The Labute approximate surface area is 155 Å². The van der Waals surface area contributed by atoms with Crippen molar-refractivity contribution in [1.82, 2.24) is 5.32 Å². The molecule has 2 atom stereocenters. The van der Waals surface area contributed by atoms with Crippen LogP contribution in [0.5, 0.6) is 0 Å². The quantitative estimate of drug-likeness (QED) is 0.366. The molecular formula is C17H15Cl2N3OS. The third-order valence-corrected chi connectivity index (χ3v) is 4.83. The topological polar surface area (TPSA) is 62.9 Å². The maximum absolute atomic E-state index is 6.39. The number of aliphatic imine (C=N–C) groups is 1. The number of hydrogen-bond donors (Lipinski definition) is 2. The summed E-state index contributed by atoms with van der Waals surface area (Å²) in [6.45, 7) is 0.406. The molecule has 4 nitrogen and oxygen atoms in total. The van der Waals surface area contributed by atoms with Gasteiger partial charge >= 0.3 is 0 Å². The summed E-state index contributed by atoms with van der Waals surface area (Å²) in [5, 5.41) is 4.63. The van der Waals surface area contributed by atoms with Gasteiger partial charge in [-0.25, -0.2) is 4.99 Å². The number of epoxide rings is 1. The van der Waals surface area contributed by atoms with Crippen molar-refractivity contribution >= 4 is 46.9 Å². The van der Waals surface area contributed by atoms with Crippen molar-refractivity contribution in [2.45, 2.75) is 11.7 Å². The number of hydrogen-bond acceptors (Lipinski definition) is 2. The lowest BCUT2D eigenvalue weighted by Gasteiger charge is -2.16. The number of nitrogens with zero attached hydrogens (tertiary/aromatic N) is 1. The zero-order valence-electron chi connectivity index (χ0n) is 12.6. The second-order valence-electron chi connectivity index (χ2n) is 5.33. The monoisotopic (exact) mass is 379 g/mol. The van der Waals surface area contributed by atoms with Gasteiger partial charge in [0.1, 0.15) is 11.7 Å². The van der Waals surface area contributed by atoms with E-state index in [1.807, 2.05) is 48.5 Å². The van der Waals surface area contributed by atoms with Crippen LogP contribution in [0.15, 0.2) is 53.5 Å². The van der Waals surface area contributed by atoms with Crippen LogP contribution in [0.3, 0.4) is 0 Å². The van der Waals surface area contributed by atoms with Gasteiger partial charge < -0.3 is 15.8 Å². The molecule has 3 N–H and O–H groups in total. The van der Waals surface area contributed by atoms with E-state index in [-0.39, 0.29) is 11.2 Å². The second-order valence-corrected chi connectivity index (χ2v) is 6.53. The van der Waals surface area contributed by atoms with Crippen molar-refractivity contribution < 1.29 is 4.74 Å². The lowest BCUT2D eigenvalue weighted by molar-refractivity contribution is 0.296. The first-order valence-corrected chi connectivity index (χ1v) is 8.44. The largest absolute Gasteiger partial charge is 0.390 e. The van der Waals surface area contributed by atoms with E-state index < -0.39 is 5.60 Å². The fourth-order valence-electron chi connectivity index (χ4n) is 2.74. The molecule has 24 heavy (non-hydrogen) atoms. The average Bonchev–Trinajstić information content (AvgIpc) is 3.29. The molecule has 0 radical (unpaired) electrons. The summed E-state index contributed by atoms with van der Waals surface area (Å²) in [5.74, 6) is 0. The van der Waals surface area contributed by atoms with E-state index in [0.29, 0.717) is 16.6 Å². The molecule has 7 heteroatoms. The van der Waals surface area contributed by atoms with Crippen molar-refractivity contribution in [3.05, 3.63) is 69.7 Å². The summed E-state index contributed by atoms with van der Waals surface area (Å²) in [5.41, 5.74) is 6.40. The zero-order chi connectivity index (χ0) is 17.2. The molecule has 0 aromatic heterocycles. The molecule has 0 saturated carbocycles. The SMILES string of the molecule is N/C=N\C(=S)NC[C@]1(c2ccccc2Cl)O[C@@H]1c1ccccc1Cl.